The topological polar surface area (TPSA) is 58.9 Å². The van der Waals surface area contributed by atoms with Crippen LogP contribution >= 0.6 is 12.2 Å². The minimum absolute atomic E-state index is 0.451. The SMILES string of the molecule is CC(C)c1ccc(C=Nn2c(-c3ccncc3)n[nH]c2=S)cc1. The molecule has 0 fully saturated rings. The number of H-pyrrole nitrogens is 1. The van der Waals surface area contributed by atoms with Crippen LogP contribution in [0.25, 0.3) is 11.4 Å². The Hall–Kier alpha value is -2.60. The third-order valence-electron chi connectivity index (χ3n) is 3.51. The molecular formula is C17H17N5S. The smallest absolute Gasteiger partial charge is 0.216 e. The molecule has 3 aromatic rings. The molecule has 6 heteroatoms. The number of benzene rings is 1. The number of aromatic nitrogens is 4. The molecule has 2 heterocycles. The minimum atomic E-state index is 0.451. The van der Waals surface area contributed by atoms with E-state index in [0.717, 1.165) is 11.1 Å². The summed E-state index contributed by atoms with van der Waals surface area (Å²) in [5.41, 5.74) is 3.22. The molecule has 0 saturated carbocycles. The molecule has 0 aliphatic heterocycles. The number of nitrogens with one attached hydrogen (secondary N) is 1. The van der Waals surface area contributed by atoms with Crippen molar-refractivity contribution < 1.29 is 0 Å². The van der Waals surface area contributed by atoms with Crippen molar-refractivity contribution in [2.24, 2.45) is 5.10 Å². The normalized spacial score (nSPS) is 11.4. The molecule has 2 aromatic heterocycles. The van der Waals surface area contributed by atoms with Crippen LogP contribution in [-0.2, 0) is 0 Å². The second kappa shape index (κ2) is 6.66. The zero-order valence-electron chi connectivity index (χ0n) is 13.0. The van der Waals surface area contributed by atoms with Gasteiger partial charge in [0.25, 0.3) is 0 Å². The Morgan fingerprint density at radius 1 is 1.13 bits per heavy atom. The first kappa shape index (κ1) is 15.3. The van der Waals surface area contributed by atoms with Gasteiger partial charge in [0.1, 0.15) is 0 Å². The molecule has 0 spiro atoms. The van der Waals surface area contributed by atoms with Crippen LogP contribution in [0.2, 0.25) is 0 Å². The van der Waals surface area contributed by atoms with Gasteiger partial charge < -0.3 is 0 Å². The van der Waals surface area contributed by atoms with Crippen LogP contribution in [0.4, 0.5) is 0 Å². The van der Waals surface area contributed by atoms with Gasteiger partial charge in [-0.15, -0.1) is 0 Å². The van der Waals surface area contributed by atoms with Gasteiger partial charge in [-0.2, -0.15) is 14.9 Å². The standard InChI is InChI=1S/C17H17N5S/c1-12(2)14-5-3-13(4-6-14)11-19-22-16(20-21-17(22)23)15-7-9-18-10-8-15/h3-12H,1-2H3,(H,21,23). The molecule has 5 nitrogen and oxygen atoms in total. The molecular weight excluding hydrogens is 306 g/mol. The van der Waals surface area contributed by atoms with Crippen LogP contribution in [0, 0.1) is 4.77 Å². The Kier molecular flexibility index (Phi) is 4.43. The van der Waals surface area contributed by atoms with Crippen molar-refractivity contribution in [3.8, 4) is 11.4 Å². The van der Waals surface area contributed by atoms with Gasteiger partial charge in [0.15, 0.2) is 5.82 Å². The molecule has 116 valence electrons. The summed E-state index contributed by atoms with van der Waals surface area (Å²) in [5, 5.41) is 11.5. The predicted octanol–water partition coefficient (Wildman–Crippen LogP) is 4.01. The Morgan fingerprint density at radius 3 is 2.48 bits per heavy atom. The summed E-state index contributed by atoms with van der Waals surface area (Å²) < 4.78 is 2.06. The maximum Gasteiger partial charge on any atom is 0.216 e. The molecule has 0 unspecified atom stereocenters. The van der Waals surface area contributed by atoms with E-state index in [1.807, 2.05) is 12.1 Å². The van der Waals surface area contributed by atoms with Crippen LogP contribution in [0.15, 0.2) is 53.9 Å². The van der Waals surface area contributed by atoms with Crippen LogP contribution in [0.1, 0.15) is 30.9 Å². The van der Waals surface area contributed by atoms with Gasteiger partial charge in [0.2, 0.25) is 4.77 Å². The predicted molar refractivity (Wildman–Crippen MR) is 94.2 cm³/mol. The Bertz CT molecular complexity index is 860. The summed E-state index contributed by atoms with van der Waals surface area (Å²) in [6.07, 6.45) is 5.21. The fourth-order valence-electron chi connectivity index (χ4n) is 2.18. The van der Waals surface area contributed by atoms with Crippen LogP contribution < -0.4 is 0 Å². The van der Waals surface area contributed by atoms with E-state index in [1.165, 1.54) is 5.56 Å². The quantitative estimate of drug-likeness (QED) is 0.583. The van der Waals surface area contributed by atoms with E-state index in [4.69, 9.17) is 12.2 Å². The Morgan fingerprint density at radius 2 is 1.83 bits per heavy atom. The van der Waals surface area contributed by atoms with Crippen molar-refractivity contribution in [3.63, 3.8) is 0 Å². The van der Waals surface area contributed by atoms with Gasteiger partial charge >= 0.3 is 0 Å². The van der Waals surface area contributed by atoms with Crippen molar-refractivity contribution in [2.45, 2.75) is 19.8 Å². The van der Waals surface area contributed by atoms with Crippen molar-refractivity contribution in [2.75, 3.05) is 0 Å². The molecule has 1 N–H and O–H groups in total. The molecule has 0 atom stereocenters. The van der Waals surface area contributed by atoms with Gasteiger partial charge in [-0.3, -0.25) is 4.98 Å². The van der Waals surface area contributed by atoms with Gasteiger partial charge in [-0.05, 0) is 41.4 Å². The summed E-state index contributed by atoms with van der Waals surface area (Å²) in [6.45, 7) is 4.35. The van der Waals surface area contributed by atoms with Gasteiger partial charge in [0.05, 0.1) is 6.21 Å². The minimum Gasteiger partial charge on any atom is -0.265 e. The second-order valence-corrected chi connectivity index (χ2v) is 5.85. The third kappa shape index (κ3) is 3.43. The van der Waals surface area contributed by atoms with Gasteiger partial charge in [0, 0.05) is 18.0 Å². The van der Waals surface area contributed by atoms with Crippen molar-refractivity contribution in [1.29, 1.82) is 0 Å². The molecule has 0 amide bonds. The first-order chi connectivity index (χ1) is 11.1. The molecule has 0 aliphatic carbocycles. The van der Waals surface area contributed by atoms with Crippen LogP contribution in [0.3, 0.4) is 0 Å². The highest BCUT2D eigenvalue weighted by Gasteiger charge is 2.07. The van der Waals surface area contributed by atoms with Crippen molar-refractivity contribution >= 4 is 18.4 Å². The van der Waals surface area contributed by atoms with Crippen LogP contribution in [0.5, 0.6) is 0 Å². The number of hydrogen-bond acceptors (Lipinski definition) is 4. The van der Waals surface area contributed by atoms with E-state index < -0.39 is 0 Å². The summed E-state index contributed by atoms with van der Waals surface area (Å²) >= 11 is 5.26. The third-order valence-corrected chi connectivity index (χ3v) is 3.78. The van der Waals surface area contributed by atoms with Gasteiger partial charge in [-0.25, -0.2) is 5.10 Å². The van der Waals surface area contributed by atoms with E-state index in [9.17, 15) is 0 Å². The highest BCUT2D eigenvalue weighted by Crippen LogP contribution is 2.16. The molecule has 0 radical (unpaired) electrons. The average Bonchev–Trinajstić information content (AvgIpc) is 2.95. The van der Waals surface area contributed by atoms with Crippen molar-refractivity contribution in [1.82, 2.24) is 19.9 Å². The molecule has 0 aliphatic rings. The lowest BCUT2D eigenvalue weighted by atomic mass is 10.0. The summed E-state index contributed by atoms with van der Waals surface area (Å²) in [4.78, 5) is 4.01. The van der Waals surface area contributed by atoms with Gasteiger partial charge in [-0.1, -0.05) is 38.1 Å². The van der Waals surface area contributed by atoms with E-state index in [-0.39, 0.29) is 0 Å². The highest BCUT2D eigenvalue weighted by atomic mass is 32.1. The fourth-order valence-corrected chi connectivity index (χ4v) is 2.36. The summed E-state index contributed by atoms with van der Waals surface area (Å²) in [5.74, 6) is 1.18. The molecule has 3 rings (SSSR count). The molecule has 1 aromatic carbocycles. The molecule has 0 bridgehead atoms. The first-order valence-electron chi connectivity index (χ1n) is 7.37. The van der Waals surface area contributed by atoms with E-state index in [0.29, 0.717) is 16.5 Å². The number of hydrogen-bond donors (Lipinski definition) is 1. The Balaban J connectivity index is 1.91. The maximum atomic E-state index is 5.26. The van der Waals surface area contributed by atoms with E-state index in [1.54, 1.807) is 23.3 Å². The molecule has 23 heavy (non-hydrogen) atoms. The number of rotatable bonds is 4. The molecule has 0 saturated heterocycles. The lowest BCUT2D eigenvalue weighted by Crippen LogP contribution is -1.95. The Labute approximate surface area is 139 Å². The highest BCUT2D eigenvalue weighted by molar-refractivity contribution is 7.71. The second-order valence-electron chi connectivity index (χ2n) is 5.47. The average molecular weight is 323 g/mol. The maximum absolute atomic E-state index is 5.26. The van der Waals surface area contributed by atoms with E-state index in [2.05, 4.69) is 58.4 Å². The van der Waals surface area contributed by atoms with Crippen LogP contribution in [-0.4, -0.2) is 26.1 Å². The fraction of sp³-hybridized carbons (Fsp3) is 0.176. The lowest BCUT2D eigenvalue weighted by molar-refractivity contribution is 0.865. The monoisotopic (exact) mass is 323 g/mol. The number of pyridine rings is 1. The number of nitrogens with zero attached hydrogens (tertiary/aromatic N) is 4. The largest absolute Gasteiger partial charge is 0.265 e. The van der Waals surface area contributed by atoms with E-state index >= 15 is 0 Å². The lowest BCUT2D eigenvalue weighted by Gasteiger charge is -2.04. The summed E-state index contributed by atoms with van der Waals surface area (Å²) in [7, 11) is 0. The first-order valence-corrected chi connectivity index (χ1v) is 7.78. The van der Waals surface area contributed by atoms with Crippen molar-refractivity contribution in [3.05, 3.63) is 64.7 Å². The zero-order chi connectivity index (χ0) is 16.2. The summed E-state index contributed by atoms with van der Waals surface area (Å²) in [6, 6.07) is 12.1. The zero-order valence-corrected chi connectivity index (χ0v) is 13.8. The number of aromatic amines is 1.